The Bertz CT molecular complexity index is 568. The molecule has 0 N–H and O–H groups in total. The largest absolute Gasteiger partial charge is 0.382 e. The highest BCUT2D eigenvalue weighted by Gasteiger charge is 2.34. The molecular formula is C14H14F2N2O2. The quantitative estimate of drug-likeness (QED) is 0.832. The van der Waals surface area contributed by atoms with Crippen molar-refractivity contribution in [3.63, 3.8) is 0 Å². The van der Waals surface area contributed by atoms with Crippen LogP contribution in [0, 0.1) is 11.6 Å². The van der Waals surface area contributed by atoms with Crippen LogP contribution in [0.5, 0.6) is 0 Å². The normalized spacial score (nSPS) is 21.8. The Morgan fingerprint density at radius 2 is 2.05 bits per heavy atom. The van der Waals surface area contributed by atoms with Crippen molar-refractivity contribution < 1.29 is 18.4 Å². The Kier molecular flexibility index (Phi) is 3.38. The number of carbonyl (C=O) groups is 1. The van der Waals surface area contributed by atoms with Gasteiger partial charge in [-0.2, -0.15) is 0 Å². The minimum Gasteiger partial charge on any atom is -0.382 e. The van der Waals surface area contributed by atoms with Crippen LogP contribution in [0.4, 0.5) is 8.78 Å². The minimum absolute atomic E-state index is 0.0571. The summed E-state index contributed by atoms with van der Waals surface area (Å²) in [5.74, 6) is -1.24. The molecule has 1 saturated heterocycles. The zero-order valence-electron chi connectivity index (χ0n) is 10.8. The smallest absolute Gasteiger partial charge is 0.266 e. The fourth-order valence-corrected chi connectivity index (χ4v) is 2.53. The lowest BCUT2D eigenvalue weighted by Gasteiger charge is -2.18. The lowest BCUT2D eigenvalue weighted by molar-refractivity contribution is -0.140. The molecule has 6 heteroatoms. The number of hydrogen-bond acceptors (Lipinski definition) is 3. The first-order valence-corrected chi connectivity index (χ1v) is 6.62. The van der Waals surface area contributed by atoms with Crippen molar-refractivity contribution in [2.45, 2.75) is 25.4 Å². The molecule has 2 aliphatic heterocycles. The van der Waals surface area contributed by atoms with Crippen molar-refractivity contribution >= 4 is 11.6 Å². The number of halogens is 2. The molecule has 3 rings (SSSR count). The van der Waals surface area contributed by atoms with Crippen LogP contribution in [0.1, 0.15) is 24.8 Å². The molecule has 0 spiro atoms. The van der Waals surface area contributed by atoms with Crippen molar-refractivity contribution in [3.8, 4) is 0 Å². The van der Waals surface area contributed by atoms with E-state index in [1.54, 1.807) is 4.90 Å². The molecule has 1 fully saturated rings. The predicted molar refractivity (Wildman–Crippen MR) is 68.2 cm³/mol. The van der Waals surface area contributed by atoms with Crippen LogP contribution in [-0.2, 0) is 9.63 Å². The minimum atomic E-state index is -0.717. The molecule has 0 radical (unpaired) electrons. The van der Waals surface area contributed by atoms with E-state index < -0.39 is 17.7 Å². The van der Waals surface area contributed by atoms with E-state index in [1.807, 2.05) is 0 Å². The summed E-state index contributed by atoms with van der Waals surface area (Å²) < 4.78 is 26.8. The molecule has 1 aromatic carbocycles. The van der Waals surface area contributed by atoms with Gasteiger partial charge in [-0.05, 0) is 31.0 Å². The van der Waals surface area contributed by atoms with Crippen LogP contribution >= 0.6 is 0 Å². The first kappa shape index (κ1) is 13.0. The Morgan fingerprint density at radius 3 is 2.80 bits per heavy atom. The van der Waals surface area contributed by atoms with E-state index in [9.17, 15) is 13.6 Å². The molecule has 4 nitrogen and oxygen atoms in total. The Balaban J connectivity index is 1.72. The molecular weight excluding hydrogens is 266 g/mol. The third kappa shape index (κ3) is 2.37. The zero-order valence-corrected chi connectivity index (χ0v) is 10.8. The van der Waals surface area contributed by atoms with Gasteiger partial charge in [0.25, 0.3) is 5.91 Å². The molecule has 1 atom stereocenters. The number of likely N-dealkylation sites (tertiary alicyclic amines) is 1. The van der Waals surface area contributed by atoms with Crippen molar-refractivity contribution in [2.75, 3.05) is 13.1 Å². The molecule has 0 bridgehead atoms. The van der Waals surface area contributed by atoms with Gasteiger partial charge < -0.3 is 9.74 Å². The van der Waals surface area contributed by atoms with E-state index in [1.165, 1.54) is 0 Å². The highest BCUT2D eigenvalue weighted by molar-refractivity contribution is 6.04. The van der Waals surface area contributed by atoms with Gasteiger partial charge in [0.1, 0.15) is 11.6 Å². The molecule has 1 unspecified atom stereocenters. The van der Waals surface area contributed by atoms with Gasteiger partial charge in [0.15, 0.2) is 0 Å². The van der Waals surface area contributed by atoms with Gasteiger partial charge in [-0.15, -0.1) is 0 Å². The molecule has 2 aliphatic rings. The molecule has 106 valence electrons. The highest BCUT2D eigenvalue weighted by atomic mass is 19.1. The van der Waals surface area contributed by atoms with Crippen LogP contribution in [0.3, 0.4) is 0 Å². The molecule has 2 heterocycles. The average Bonchev–Trinajstić information content (AvgIpc) is 3.11. The summed E-state index contributed by atoms with van der Waals surface area (Å²) in [4.78, 5) is 19.0. The number of oxime groups is 1. The summed E-state index contributed by atoms with van der Waals surface area (Å²) in [6.45, 7) is 1.45. The topological polar surface area (TPSA) is 41.9 Å². The third-order valence-electron chi connectivity index (χ3n) is 3.60. The predicted octanol–water partition coefficient (Wildman–Crippen LogP) is 2.08. The average molecular weight is 280 g/mol. The summed E-state index contributed by atoms with van der Waals surface area (Å²) in [6, 6.07) is 3.16. The Hall–Kier alpha value is -1.98. The molecule has 1 amide bonds. The summed E-state index contributed by atoms with van der Waals surface area (Å²) in [5, 5.41) is 3.74. The third-order valence-corrected chi connectivity index (χ3v) is 3.60. The number of carbonyl (C=O) groups excluding carboxylic acids is 1. The van der Waals surface area contributed by atoms with E-state index in [0.29, 0.717) is 0 Å². The standard InChI is InChI=1S/C14H14F2N2O2/c15-9-3-4-11(16)10(7-9)12-8-13(20-17-12)14(19)18-5-1-2-6-18/h3-4,7,13H,1-2,5-6,8H2. The monoisotopic (exact) mass is 280 g/mol. The summed E-state index contributed by atoms with van der Waals surface area (Å²) in [6.07, 6.45) is 1.44. The van der Waals surface area contributed by atoms with E-state index in [2.05, 4.69) is 5.16 Å². The lowest BCUT2D eigenvalue weighted by atomic mass is 10.0. The Morgan fingerprint density at radius 1 is 1.30 bits per heavy atom. The molecule has 0 aromatic heterocycles. The van der Waals surface area contributed by atoms with Crippen molar-refractivity contribution in [3.05, 3.63) is 35.4 Å². The fraction of sp³-hybridized carbons (Fsp3) is 0.429. The van der Waals surface area contributed by atoms with E-state index in [0.717, 1.165) is 44.1 Å². The molecule has 20 heavy (non-hydrogen) atoms. The van der Waals surface area contributed by atoms with Crippen LogP contribution in [0.25, 0.3) is 0 Å². The van der Waals surface area contributed by atoms with Gasteiger partial charge in [-0.25, -0.2) is 8.78 Å². The van der Waals surface area contributed by atoms with Gasteiger partial charge in [0.2, 0.25) is 6.10 Å². The van der Waals surface area contributed by atoms with Crippen LogP contribution in [0.2, 0.25) is 0 Å². The van der Waals surface area contributed by atoms with Crippen molar-refractivity contribution in [2.24, 2.45) is 5.16 Å². The van der Waals surface area contributed by atoms with Gasteiger partial charge >= 0.3 is 0 Å². The van der Waals surface area contributed by atoms with Gasteiger partial charge in [-0.3, -0.25) is 4.79 Å². The van der Waals surface area contributed by atoms with Crippen LogP contribution in [0.15, 0.2) is 23.4 Å². The van der Waals surface area contributed by atoms with Gasteiger partial charge in [0, 0.05) is 25.1 Å². The lowest BCUT2D eigenvalue weighted by Crippen LogP contribution is -2.37. The maximum Gasteiger partial charge on any atom is 0.266 e. The van der Waals surface area contributed by atoms with Crippen LogP contribution in [-0.4, -0.2) is 35.7 Å². The van der Waals surface area contributed by atoms with Gasteiger partial charge in [0.05, 0.1) is 5.71 Å². The summed E-state index contributed by atoms with van der Waals surface area (Å²) >= 11 is 0. The first-order valence-electron chi connectivity index (χ1n) is 6.62. The van der Waals surface area contributed by atoms with E-state index in [4.69, 9.17) is 4.84 Å². The number of hydrogen-bond donors (Lipinski definition) is 0. The number of nitrogens with zero attached hydrogens (tertiary/aromatic N) is 2. The number of benzene rings is 1. The highest BCUT2D eigenvalue weighted by Crippen LogP contribution is 2.22. The maximum absolute atomic E-state index is 13.7. The summed E-state index contributed by atoms with van der Waals surface area (Å²) in [5.41, 5.74) is 0.335. The number of amides is 1. The van der Waals surface area contributed by atoms with Crippen molar-refractivity contribution in [1.82, 2.24) is 4.90 Å². The first-order chi connectivity index (χ1) is 9.65. The number of rotatable bonds is 2. The molecule has 0 aliphatic carbocycles. The zero-order chi connectivity index (χ0) is 14.1. The maximum atomic E-state index is 13.7. The fourth-order valence-electron chi connectivity index (χ4n) is 2.53. The SMILES string of the molecule is O=C(C1CC(c2cc(F)ccc2F)=NO1)N1CCCC1. The second kappa shape index (κ2) is 5.19. The Labute approximate surface area is 115 Å². The van der Waals surface area contributed by atoms with Crippen molar-refractivity contribution in [1.29, 1.82) is 0 Å². The van der Waals surface area contributed by atoms with Crippen LogP contribution < -0.4 is 0 Å². The van der Waals surface area contributed by atoms with E-state index in [-0.39, 0.29) is 23.6 Å². The second-order valence-corrected chi connectivity index (χ2v) is 4.99. The molecule has 1 aromatic rings. The van der Waals surface area contributed by atoms with E-state index >= 15 is 0 Å². The molecule has 0 saturated carbocycles. The summed E-state index contributed by atoms with van der Waals surface area (Å²) in [7, 11) is 0. The second-order valence-electron chi connectivity index (χ2n) is 4.99. The van der Waals surface area contributed by atoms with Gasteiger partial charge in [-0.1, -0.05) is 5.16 Å².